The molecule has 37 heavy (non-hydrogen) atoms. The zero-order valence-corrected chi connectivity index (χ0v) is 20.2. The van der Waals surface area contributed by atoms with Gasteiger partial charge in [-0.1, -0.05) is 0 Å². The van der Waals surface area contributed by atoms with E-state index >= 15 is 4.39 Å². The Morgan fingerprint density at radius 2 is 2.00 bits per heavy atom. The second-order valence-electron chi connectivity index (χ2n) is 9.85. The topological polar surface area (TPSA) is 122 Å². The first-order valence-corrected chi connectivity index (χ1v) is 12.3. The van der Waals surface area contributed by atoms with Crippen LogP contribution in [0.5, 0.6) is 0 Å². The van der Waals surface area contributed by atoms with Gasteiger partial charge in [0.15, 0.2) is 5.82 Å². The molecule has 3 aromatic rings. The number of nitrogens with zero attached hydrogens (tertiary/aromatic N) is 3. The molecule has 0 bridgehead atoms. The molecule has 2 aliphatic heterocycles. The Hall–Kier alpha value is -4.02. The standard InChI is InChI=1S/C26H26F2N6O3/c1-12-17(8-31-20-3-2-4-30-24(12)20)15-5-13-6-21(32-9-18(13)23(29)22(15)28)33-26(36)37-14-10-34(11-14)25(35)16-7-19(16)27/h5-6,8-9,14,16,19,30H,2-4,7,10-11,29H2,1H3,(H,32,33,36). The first-order chi connectivity index (χ1) is 17.8. The summed E-state index contributed by atoms with van der Waals surface area (Å²) < 4.78 is 33.8. The minimum absolute atomic E-state index is 0.0374. The number of benzene rings is 1. The summed E-state index contributed by atoms with van der Waals surface area (Å²) in [5.74, 6) is -1.12. The minimum atomic E-state index is -1.05. The van der Waals surface area contributed by atoms with Gasteiger partial charge in [0.05, 0.1) is 36.1 Å². The Balaban J connectivity index is 1.20. The van der Waals surface area contributed by atoms with Gasteiger partial charge in [0, 0.05) is 35.5 Å². The van der Waals surface area contributed by atoms with Crippen molar-refractivity contribution < 1.29 is 23.1 Å². The van der Waals surface area contributed by atoms with Crippen molar-refractivity contribution in [1.29, 1.82) is 0 Å². The number of carbonyl (C=O) groups is 2. The van der Waals surface area contributed by atoms with E-state index in [9.17, 15) is 14.0 Å². The molecule has 6 rings (SSSR count). The van der Waals surface area contributed by atoms with Crippen LogP contribution in [-0.2, 0) is 16.0 Å². The monoisotopic (exact) mass is 508 g/mol. The third-order valence-electron chi connectivity index (χ3n) is 7.29. The number of nitrogen functional groups attached to an aromatic ring is 1. The van der Waals surface area contributed by atoms with Gasteiger partial charge >= 0.3 is 6.09 Å². The number of hydrogen-bond donors (Lipinski definition) is 3. The van der Waals surface area contributed by atoms with Crippen molar-refractivity contribution in [3.63, 3.8) is 0 Å². The fourth-order valence-corrected chi connectivity index (χ4v) is 5.01. The molecule has 9 nitrogen and oxygen atoms in total. The first kappa shape index (κ1) is 23.4. The van der Waals surface area contributed by atoms with E-state index in [0.717, 1.165) is 36.3 Å². The molecule has 1 aliphatic carbocycles. The minimum Gasteiger partial charge on any atom is -0.442 e. The lowest BCUT2D eigenvalue weighted by Crippen LogP contribution is -2.56. The molecular weight excluding hydrogens is 482 g/mol. The predicted octanol–water partition coefficient (Wildman–Crippen LogP) is 3.80. The molecular formula is C26H26F2N6O3. The molecule has 2 amide bonds. The number of alkyl halides is 1. The van der Waals surface area contributed by atoms with E-state index in [1.54, 1.807) is 18.3 Å². The van der Waals surface area contributed by atoms with Crippen molar-refractivity contribution in [2.75, 3.05) is 36.0 Å². The van der Waals surface area contributed by atoms with E-state index in [2.05, 4.69) is 20.6 Å². The Morgan fingerprint density at radius 1 is 1.22 bits per heavy atom. The number of amides is 2. The number of fused-ring (bicyclic) bond motifs is 2. The quantitative estimate of drug-likeness (QED) is 0.458. The number of halogens is 2. The van der Waals surface area contributed by atoms with Gasteiger partial charge in [0.1, 0.15) is 18.1 Å². The van der Waals surface area contributed by atoms with Crippen LogP contribution in [0.15, 0.2) is 24.5 Å². The Morgan fingerprint density at radius 3 is 2.76 bits per heavy atom. The van der Waals surface area contributed by atoms with E-state index in [0.29, 0.717) is 21.9 Å². The summed E-state index contributed by atoms with van der Waals surface area (Å²) in [6, 6.07) is 3.27. The van der Waals surface area contributed by atoms with Gasteiger partial charge in [-0.05, 0) is 49.3 Å². The average molecular weight is 509 g/mol. The van der Waals surface area contributed by atoms with Crippen LogP contribution in [0.1, 0.15) is 24.1 Å². The van der Waals surface area contributed by atoms with Crippen LogP contribution in [0.3, 0.4) is 0 Å². The zero-order valence-electron chi connectivity index (χ0n) is 20.2. The van der Waals surface area contributed by atoms with Crippen molar-refractivity contribution in [3.05, 3.63) is 41.6 Å². The van der Waals surface area contributed by atoms with Gasteiger partial charge in [-0.25, -0.2) is 18.6 Å². The van der Waals surface area contributed by atoms with Crippen molar-refractivity contribution in [2.24, 2.45) is 5.92 Å². The zero-order chi connectivity index (χ0) is 25.8. The molecule has 1 saturated carbocycles. The first-order valence-electron chi connectivity index (χ1n) is 12.3. The number of aryl methyl sites for hydroxylation is 1. The number of ether oxygens (including phenoxy) is 1. The summed E-state index contributed by atoms with van der Waals surface area (Å²) >= 11 is 0. The summed E-state index contributed by atoms with van der Waals surface area (Å²) in [6.07, 6.45) is 2.97. The highest BCUT2D eigenvalue weighted by molar-refractivity contribution is 5.99. The lowest BCUT2D eigenvalue weighted by atomic mass is 9.95. The molecule has 0 spiro atoms. The van der Waals surface area contributed by atoms with Crippen LogP contribution in [0.2, 0.25) is 0 Å². The number of likely N-dealkylation sites (tertiary alicyclic amines) is 1. The molecule has 4 N–H and O–H groups in total. The highest BCUT2D eigenvalue weighted by Gasteiger charge is 2.48. The predicted molar refractivity (Wildman–Crippen MR) is 134 cm³/mol. The summed E-state index contributed by atoms with van der Waals surface area (Å²) in [7, 11) is 0. The van der Waals surface area contributed by atoms with Crippen LogP contribution in [0, 0.1) is 18.7 Å². The highest BCUT2D eigenvalue weighted by atomic mass is 19.1. The number of carbonyl (C=O) groups excluding carboxylic acids is 2. The summed E-state index contributed by atoms with van der Waals surface area (Å²) in [6.45, 7) is 3.25. The van der Waals surface area contributed by atoms with E-state index in [1.807, 2.05) is 6.92 Å². The van der Waals surface area contributed by atoms with Crippen LogP contribution in [0.4, 0.5) is 30.8 Å². The van der Waals surface area contributed by atoms with Gasteiger partial charge < -0.3 is 20.7 Å². The summed E-state index contributed by atoms with van der Waals surface area (Å²) in [5.41, 5.74) is 9.85. The maximum Gasteiger partial charge on any atom is 0.413 e. The Kier molecular flexibility index (Phi) is 5.58. The Labute approximate surface area is 211 Å². The summed E-state index contributed by atoms with van der Waals surface area (Å²) in [5, 5.41) is 6.94. The third kappa shape index (κ3) is 4.17. The molecule has 11 heteroatoms. The maximum absolute atomic E-state index is 15.4. The molecule has 1 aromatic carbocycles. The second kappa shape index (κ2) is 8.82. The number of rotatable bonds is 4. The molecule has 2 atom stereocenters. The van der Waals surface area contributed by atoms with Crippen LogP contribution in [0.25, 0.3) is 21.9 Å². The molecule has 3 aliphatic rings. The van der Waals surface area contributed by atoms with E-state index in [1.165, 1.54) is 11.1 Å². The van der Waals surface area contributed by atoms with Gasteiger partial charge in [-0.3, -0.25) is 15.1 Å². The highest BCUT2D eigenvalue weighted by Crippen LogP contribution is 2.39. The summed E-state index contributed by atoms with van der Waals surface area (Å²) in [4.78, 5) is 34.6. The molecule has 2 unspecified atom stereocenters. The molecule has 192 valence electrons. The lowest BCUT2D eigenvalue weighted by Gasteiger charge is -2.38. The third-order valence-corrected chi connectivity index (χ3v) is 7.29. The lowest BCUT2D eigenvalue weighted by molar-refractivity contribution is -0.143. The number of nitrogens with one attached hydrogen (secondary N) is 2. The second-order valence-corrected chi connectivity index (χ2v) is 9.85. The molecule has 0 radical (unpaired) electrons. The van der Waals surface area contributed by atoms with E-state index in [-0.39, 0.29) is 36.9 Å². The molecule has 2 aromatic heterocycles. The number of nitrogens with two attached hydrogens (primary N) is 1. The normalized spacial score (nSPS) is 20.6. The van der Waals surface area contributed by atoms with Gasteiger partial charge in [-0.15, -0.1) is 0 Å². The van der Waals surface area contributed by atoms with Crippen LogP contribution >= 0.6 is 0 Å². The maximum atomic E-state index is 15.4. The number of hydrogen-bond acceptors (Lipinski definition) is 7. The Bertz CT molecular complexity index is 1440. The van der Waals surface area contributed by atoms with Crippen LogP contribution in [-0.4, -0.2) is 58.8 Å². The SMILES string of the molecule is Cc1c(-c2cc3cc(NC(=O)OC4CN(C(=O)C5CC5F)C4)ncc3c(N)c2F)cnc2c1NCCC2. The number of anilines is 3. The average Bonchev–Trinajstić information content (AvgIpc) is 3.60. The molecule has 2 fully saturated rings. The van der Waals surface area contributed by atoms with E-state index in [4.69, 9.17) is 10.5 Å². The van der Waals surface area contributed by atoms with Crippen molar-refractivity contribution in [3.8, 4) is 11.1 Å². The van der Waals surface area contributed by atoms with Crippen molar-refractivity contribution >= 4 is 40.0 Å². The van der Waals surface area contributed by atoms with Crippen molar-refractivity contribution in [1.82, 2.24) is 14.9 Å². The van der Waals surface area contributed by atoms with E-state index < -0.39 is 30.1 Å². The van der Waals surface area contributed by atoms with Gasteiger partial charge in [0.2, 0.25) is 5.91 Å². The fraction of sp³-hybridized carbons (Fsp3) is 0.385. The van der Waals surface area contributed by atoms with Crippen molar-refractivity contribution in [2.45, 2.75) is 38.5 Å². The fourth-order valence-electron chi connectivity index (χ4n) is 5.01. The number of aromatic nitrogens is 2. The smallest absolute Gasteiger partial charge is 0.413 e. The van der Waals surface area contributed by atoms with Gasteiger partial charge in [0.25, 0.3) is 0 Å². The van der Waals surface area contributed by atoms with Crippen LogP contribution < -0.4 is 16.4 Å². The molecule has 4 heterocycles. The number of pyridine rings is 2. The van der Waals surface area contributed by atoms with Gasteiger partial charge in [-0.2, -0.15) is 0 Å². The largest absolute Gasteiger partial charge is 0.442 e. The molecule has 1 saturated heterocycles.